The Balaban J connectivity index is 2.77. The zero-order valence-electron chi connectivity index (χ0n) is 10.8. The van der Waals surface area contributed by atoms with E-state index in [-0.39, 0.29) is 17.9 Å². The monoisotopic (exact) mass is 239 g/mol. The molecule has 17 heavy (non-hydrogen) atoms. The van der Waals surface area contributed by atoms with Crippen LogP contribution in [0.25, 0.3) is 0 Å². The zero-order valence-corrected chi connectivity index (χ0v) is 10.8. The Morgan fingerprint density at radius 3 is 2.65 bits per heavy atom. The highest BCUT2D eigenvalue weighted by Crippen LogP contribution is 2.21. The van der Waals surface area contributed by atoms with E-state index in [1.807, 2.05) is 33.8 Å². The number of nitrogens with two attached hydrogens (primary N) is 1. The average Bonchev–Trinajstić information content (AvgIpc) is 2.64. The first-order valence-electron chi connectivity index (χ1n) is 5.80. The van der Waals surface area contributed by atoms with Crippen molar-refractivity contribution in [3.63, 3.8) is 0 Å². The van der Waals surface area contributed by atoms with E-state index in [1.54, 1.807) is 0 Å². The number of amidine groups is 1. The van der Waals surface area contributed by atoms with Crippen LogP contribution in [0.4, 0.5) is 0 Å². The minimum atomic E-state index is -0.135. The molecular weight excluding hydrogens is 218 g/mol. The second kappa shape index (κ2) is 5.72. The largest absolute Gasteiger partial charge is 0.466 e. The molecule has 1 rings (SSSR count). The Labute approximate surface area is 102 Å². The van der Waals surface area contributed by atoms with E-state index in [0.717, 1.165) is 23.5 Å². The Bertz CT molecular complexity index is 398. The predicted octanol–water partition coefficient (Wildman–Crippen LogP) is 2.07. The highest BCUT2D eigenvalue weighted by Gasteiger charge is 2.18. The predicted molar refractivity (Wildman–Crippen MR) is 67.2 cm³/mol. The molecule has 1 heterocycles. The van der Waals surface area contributed by atoms with Gasteiger partial charge in [-0.25, -0.2) is 0 Å². The molecule has 96 valence electrons. The molecule has 5 nitrogen and oxygen atoms in total. The van der Waals surface area contributed by atoms with E-state index in [2.05, 4.69) is 10.5 Å². The number of hydrogen-bond acceptors (Lipinski definition) is 4. The zero-order chi connectivity index (χ0) is 13.0. The Morgan fingerprint density at radius 1 is 1.59 bits per heavy atom. The summed E-state index contributed by atoms with van der Waals surface area (Å²) in [5.41, 5.74) is 6.71. The quantitative estimate of drug-likeness (QED) is 0.318. The van der Waals surface area contributed by atoms with E-state index < -0.39 is 0 Å². The van der Waals surface area contributed by atoms with Gasteiger partial charge in [-0.15, -0.1) is 0 Å². The first kappa shape index (κ1) is 13.6. The second-order valence-corrected chi connectivity index (χ2v) is 4.24. The molecule has 0 amide bonds. The lowest BCUT2D eigenvalue weighted by atomic mass is 10.1. The van der Waals surface area contributed by atoms with Gasteiger partial charge in [0.1, 0.15) is 11.5 Å². The van der Waals surface area contributed by atoms with Crippen LogP contribution in [0.15, 0.2) is 15.6 Å². The van der Waals surface area contributed by atoms with Crippen LogP contribution in [0.1, 0.15) is 43.4 Å². The molecule has 0 aliphatic rings. The summed E-state index contributed by atoms with van der Waals surface area (Å²) in [6.07, 6.45) is 0.760. The molecular formula is C12H21N3O2. The Morgan fingerprint density at radius 2 is 2.24 bits per heavy atom. The van der Waals surface area contributed by atoms with Gasteiger partial charge in [-0.2, -0.15) is 0 Å². The van der Waals surface area contributed by atoms with Gasteiger partial charge in [0.25, 0.3) is 0 Å². The number of aryl methyl sites for hydroxylation is 2. The van der Waals surface area contributed by atoms with Crippen molar-refractivity contribution in [1.82, 2.24) is 5.32 Å². The smallest absolute Gasteiger partial charge is 0.156 e. The normalized spacial score (nSPS) is 15.9. The lowest BCUT2D eigenvalue weighted by Crippen LogP contribution is -2.42. The van der Waals surface area contributed by atoms with Gasteiger partial charge in [0, 0.05) is 11.6 Å². The van der Waals surface area contributed by atoms with Crippen LogP contribution >= 0.6 is 0 Å². The van der Waals surface area contributed by atoms with Gasteiger partial charge >= 0.3 is 0 Å². The van der Waals surface area contributed by atoms with Gasteiger partial charge in [0.2, 0.25) is 0 Å². The number of nitrogens with zero attached hydrogens (tertiary/aromatic N) is 1. The van der Waals surface area contributed by atoms with Crippen molar-refractivity contribution in [3.05, 3.63) is 23.2 Å². The maximum Gasteiger partial charge on any atom is 0.156 e. The van der Waals surface area contributed by atoms with Crippen LogP contribution in [-0.4, -0.2) is 17.1 Å². The molecule has 0 fully saturated rings. The van der Waals surface area contributed by atoms with Crippen molar-refractivity contribution in [2.24, 2.45) is 10.9 Å². The molecule has 0 saturated carbocycles. The molecule has 0 aliphatic carbocycles. The van der Waals surface area contributed by atoms with Crippen LogP contribution < -0.4 is 11.1 Å². The number of oxime groups is 1. The van der Waals surface area contributed by atoms with Gasteiger partial charge in [-0.05, 0) is 33.3 Å². The molecule has 1 aromatic rings. The fourth-order valence-corrected chi connectivity index (χ4v) is 1.95. The summed E-state index contributed by atoms with van der Waals surface area (Å²) in [6.45, 7) is 7.87. The standard InChI is InChI=1S/C12H21N3O2/c1-5-11(12(13)15-16)14-8(3)10-6-7(2)17-9(10)4/h6,8,11,14,16H,5H2,1-4H3,(H2,13,15). The third-order valence-electron chi connectivity index (χ3n) is 2.88. The van der Waals surface area contributed by atoms with Crippen LogP contribution in [0.5, 0.6) is 0 Å². The summed E-state index contributed by atoms with van der Waals surface area (Å²) in [7, 11) is 0. The van der Waals surface area contributed by atoms with Crippen molar-refractivity contribution >= 4 is 5.84 Å². The van der Waals surface area contributed by atoms with E-state index in [0.29, 0.717) is 0 Å². The third-order valence-corrected chi connectivity index (χ3v) is 2.88. The second-order valence-electron chi connectivity index (χ2n) is 4.24. The third kappa shape index (κ3) is 3.23. The first-order chi connectivity index (χ1) is 7.99. The van der Waals surface area contributed by atoms with Crippen molar-refractivity contribution in [2.45, 2.75) is 46.2 Å². The minimum Gasteiger partial charge on any atom is -0.466 e. The molecule has 5 heteroatoms. The SMILES string of the molecule is CCC(NC(C)c1cc(C)oc1C)/C(N)=N/O. The minimum absolute atomic E-state index is 0.0951. The Kier molecular flexibility index (Phi) is 4.57. The fourth-order valence-electron chi connectivity index (χ4n) is 1.95. The number of nitrogens with one attached hydrogen (secondary N) is 1. The lowest BCUT2D eigenvalue weighted by molar-refractivity contribution is 0.313. The first-order valence-corrected chi connectivity index (χ1v) is 5.80. The molecule has 1 aromatic heterocycles. The molecule has 2 atom stereocenters. The van der Waals surface area contributed by atoms with Crippen molar-refractivity contribution in [3.8, 4) is 0 Å². The fraction of sp³-hybridized carbons (Fsp3) is 0.583. The van der Waals surface area contributed by atoms with Crippen molar-refractivity contribution in [2.75, 3.05) is 0 Å². The molecule has 2 unspecified atom stereocenters. The van der Waals surface area contributed by atoms with Gasteiger partial charge < -0.3 is 20.7 Å². The topological polar surface area (TPSA) is 83.8 Å². The highest BCUT2D eigenvalue weighted by molar-refractivity contribution is 5.85. The molecule has 4 N–H and O–H groups in total. The van der Waals surface area contributed by atoms with E-state index in [9.17, 15) is 0 Å². The summed E-state index contributed by atoms with van der Waals surface area (Å²) in [5.74, 6) is 2.00. The van der Waals surface area contributed by atoms with Gasteiger partial charge in [-0.1, -0.05) is 12.1 Å². The highest BCUT2D eigenvalue weighted by atomic mass is 16.4. The number of hydrogen-bond donors (Lipinski definition) is 3. The summed E-state index contributed by atoms with van der Waals surface area (Å²) in [5, 5.41) is 15.0. The van der Waals surface area contributed by atoms with Crippen LogP contribution in [0.2, 0.25) is 0 Å². The van der Waals surface area contributed by atoms with Crippen LogP contribution in [0, 0.1) is 13.8 Å². The number of furan rings is 1. The Hall–Kier alpha value is -1.49. The van der Waals surface area contributed by atoms with Crippen molar-refractivity contribution < 1.29 is 9.62 Å². The molecule has 0 spiro atoms. The van der Waals surface area contributed by atoms with E-state index >= 15 is 0 Å². The summed E-state index contributed by atoms with van der Waals surface area (Å²) < 4.78 is 5.49. The van der Waals surface area contributed by atoms with Gasteiger partial charge in [0.05, 0.1) is 6.04 Å². The van der Waals surface area contributed by atoms with E-state index in [1.165, 1.54) is 0 Å². The number of rotatable bonds is 5. The maximum atomic E-state index is 8.68. The summed E-state index contributed by atoms with van der Waals surface area (Å²) >= 11 is 0. The molecule has 0 saturated heterocycles. The molecule has 0 aliphatic heterocycles. The molecule has 0 aromatic carbocycles. The summed E-state index contributed by atoms with van der Waals surface area (Å²) in [4.78, 5) is 0. The van der Waals surface area contributed by atoms with Gasteiger partial charge in [0.15, 0.2) is 5.84 Å². The maximum absolute atomic E-state index is 8.68. The van der Waals surface area contributed by atoms with Gasteiger partial charge in [-0.3, -0.25) is 0 Å². The van der Waals surface area contributed by atoms with E-state index in [4.69, 9.17) is 15.4 Å². The average molecular weight is 239 g/mol. The molecule has 0 bridgehead atoms. The molecule has 0 radical (unpaired) electrons. The summed E-state index contributed by atoms with van der Waals surface area (Å²) in [6, 6.07) is 1.97. The van der Waals surface area contributed by atoms with Crippen LogP contribution in [-0.2, 0) is 0 Å². The van der Waals surface area contributed by atoms with Crippen molar-refractivity contribution in [1.29, 1.82) is 0 Å². The lowest BCUT2D eigenvalue weighted by Gasteiger charge is -2.20. The van der Waals surface area contributed by atoms with Crippen LogP contribution in [0.3, 0.4) is 0 Å².